The van der Waals surface area contributed by atoms with Crippen molar-refractivity contribution in [3.8, 4) is 17.5 Å². The van der Waals surface area contributed by atoms with E-state index in [1.54, 1.807) is 37.5 Å². The predicted octanol–water partition coefficient (Wildman–Crippen LogP) is 6.11. The Morgan fingerprint density at radius 1 is 1.00 bits per heavy atom. The zero-order valence-corrected chi connectivity index (χ0v) is 19.9. The molecule has 2 heterocycles. The molecule has 0 aliphatic rings. The first-order valence-electron chi connectivity index (χ1n) is 11.4. The zero-order valence-electron chi connectivity index (χ0n) is 19.9. The second kappa shape index (κ2) is 9.90. The van der Waals surface area contributed by atoms with Crippen molar-refractivity contribution in [1.29, 1.82) is 0 Å². The summed E-state index contributed by atoms with van der Waals surface area (Å²) in [6.07, 6.45) is 1.10. The predicted molar refractivity (Wildman–Crippen MR) is 133 cm³/mol. The maximum atomic E-state index is 14.5. The SMILES string of the molecule is Cc1cn(-c2cc(CC(=O)c3ccc(F)c(C#Cc4cccc5ncncc45)c3)cc(C(F)(F)F)c2)cn1. The average molecular weight is 514 g/mol. The number of aromatic nitrogens is 4. The fraction of sp³-hybridized carbons (Fsp3) is 0.103. The topological polar surface area (TPSA) is 60.7 Å². The first kappa shape index (κ1) is 24.8. The molecular weight excluding hydrogens is 496 g/mol. The lowest BCUT2D eigenvalue weighted by Crippen LogP contribution is -2.10. The first-order valence-corrected chi connectivity index (χ1v) is 11.4. The molecule has 0 atom stereocenters. The van der Waals surface area contributed by atoms with Crippen LogP contribution in [-0.4, -0.2) is 25.3 Å². The summed E-state index contributed by atoms with van der Waals surface area (Å²) in [6, 6.07) is 12.5. The molecule has 0 fully saturated rings. The van der Waals surface area contributed by atoms with Crippen molar-refractivity contribution in [3.63, 3.8) is 0 Å². The largest absolute Gasteiger partial charge is 0.416 e. The highest BCUT2D eigenvalue weighted by atomic mass is 19.4. The fourth-order valence-corrected chi connectivity index (χ4v) is 3.98. The number of carbonyl (C=O) groups excluding carboxylic acids is 1. The van der Waals surface area contributed by atoms with Crippen LogP contribution in [0.25, 0.3) is 16.6 Å². The van der Waals surface area contributed by atoms with E-state index in [-0.39, 0.29) is 28.8 Å². The van der Waals surface area contributed by atoms with Crippen molar-refractivity contribution >= 4 is 16.7 Å². The Balaban J connectivity index is 1.46. The molecule has 9 heteroatoms. The minimum Gasteiger partial charge on any atom is -0.306 e. The molecule has 0 saturated heterocycles. The summed E-state index contributed by atoms with van der Waals surface area (Å²) in [5.74, 6) is 4.55. The smallest absolute Gasteiger partial charge is 0.306 e. The number of fused-ring (bicyclic) bond motifs is 1. The number of Topliss-reactive ketones (excluding diaryl/α,β-unsaturated/α-hetero) is 1. The standard InChI is InChI=1S/C29H18F4N4O/c1-18-15-37(17-36-18)24-10-19(9-23(13-24)29(31,32)33)11-28(38)22-7-8-26(30)21(12-22)6-5-20-3-2-4-27-25(20)14-34-16-35-27/h2-4,7-10,12-17H,11H2,1H3. The number of imidazole rings is 1. The summed E-state index contributed by atoms with van der Waals surface area (Å²) in [5.41, 5.74) is 1.54. The van der Waals surface area contributed by atoms with Gasteiger partial charge in [0.25, 0.3) is 0 Å². The zero-order chi connectivity index (χ0) is 26.9. The van der Waals surface area contributed by atoms with E-state index in [0.717, 1.165) is 18.2 Å². The Morgan fingerprint density at radius 2 is 1.82 bits per heavy atom. The number of benzene rings is 3. The van der Waals surface area contributed by atoms with Gasteiger partial charge < -0.3 is 4.57 Å². The van der Waals surface area contributed by atoms with Crippen LogP contribution in [0.15, 0.2) is 79.6 Å². The molecule has 3 aromatic carbocycles. The fourth-order valence-electron chi connectivity index (χ4n) is 3.98. The van der Waals surface area contributed by atoms with Crippen LogP contribution in [0.4, 0.5) is 17.6 Å². The Kier molecular flexibility index (Phi) is 6.47. The third-order valence-electron chi connectivity index (χ3n) is 5.85. The summed E-state index contributed by atoms with van der Waals surface area (Å²) in [6.45, 7) is 1.72. The summed E-state index contributed by atoms with van der Waals surface area (Å²) in [4.78, 5) is 25.3. The number of hydrogen-bond acceptors (Lipinski definition) is 4. The van der Waals surface area contributed by atoms with Gasteiger partial charge in [-0.3, -0.25) is 4.79 Å². The van der Waals surface area contributed by atoms with Gasteiger partial charge in [-0.05, 0) is 61.0 Å². The van der Waals surface area contributed by atoms with E-state index >= 15 is 0 Å². The minimum absolute atomic E-state index is 0.0108. The van der Waals surface area contributed by atoms with E-state index < -0.39 is 23.3 Å². The summed E-state index contributed by atoms with van der Waals surface area (Å²) < 4.78 is 56.7. The second-order valence-corrected chi connectivity index (χ2v) is 8.61. The first-order chi connectivity index (χ1) is 18.2. The number of halogens is 4. The van der Waals surface area contributed by atoms with Crippen LogP contribution < -0.4 is 0 Å². The molecule has 0 radical (unpaired) electrons. The highest BCUT2D eigenvalue weighted by Crippen LogP contribution is 2.32. The molecular formula is C29H18F4N4O. The molecule has 0 amide bonds. The van der Waals surface area contributed by atoms with Crippen LogP contribution >= 0.6 is 0 Å². The summed E-state index contributed by atoms with van der Waals surface area (Å²) in [7, 11) is 0. The van der Waals surface area contributed by atoms with Crippen LogP contribution in [-0.2, 0) is 12.6 Å². The molecule has 0 aliphatic carbocycles. The third kappa shape index (κ3) is 5.30. The Bertz CT molecular complexity index is 1740. The molecule has 5 aromatic rings. The number of hydrogen-bond donors (Lipinski definition) is 0. The summed E-state index contributed by atoms with van der Waals surface area (Å²) >= 11 is 0. The van der Waals surface area contributed by atoms with Crippen molar-refractivity contribution in [3.05, 3.63) is 119 Å². The Labute approximate surface area is 214 Å². The van der Waals surface area contributed by atoms with Crippen LogP contribution in [0.2, 0.25) is 0 Å². The molecule has 188 valence electrons. The van der Waals surface area contributed by atoms with Crippen molar-refractivity contribution in [2.45, 2.75) is 19.5 Å². The monoisotopic (exact) mass is 514 g/mol. The van der Waals surface area contributed by atoms with Gasteiger partial charge in [-0.2, -0.15) is 13.2 Å². The van der Waals surface area contributed by atoms with Crippen LogP contribution in [0.5, 0.6) is 0 Å². The lowest BCUT2D eigenvalue weighted by atomic mass is 9.98. The normalized spacial score (nSPS) is 11.3. The van der Waals surface area contributed by atoms with Crippen LogP contribution in [0, 0.1) is 24.6 Å². The van der Waals surface area contributed by atoms with Gasteiger partial charge in [0.1, 0.15) is 12.1 Å². The number of ketones is 1. The quantitative estimate of drug-likeness (QED) is 0.165. The third-order valence-corrected chi connectivity index (χ3v) is 5.85. The van der Waals surface area contributed by atoms with Gasteiger partial charge in [-0.1, -0.05) is 17.9 Å². The number of aryl methyl sites for hydroxylation is 1. The molecule has 5 nitrogen and oxygen atoms in total. The van der Waals surface area contributed by atoms with E-state index in [9.17, 15) is 22.4 Å². The van der Waals surface area contributed by atoms with Gasteiger partial charge in [0.15, 0.2) is 5.78 Å². The molecule has 5 rings (SSSR count). The number of alkyl halides is 3. The number of carbonyl (C=O) groups is 1. The average Bonchev–Trinajstić information content (AvgIpc) is 3.33. The molecule has 0 spiro atoms. The molecule has 2 aromatic heterocycles. The van der Waals surface area contributed by atoms with Crippen molar-refractivity contribution in [2.75, 3.05) is 0 Å². The minimum atomic E-state index is -4.60. The van der Waals surface area contributed by atoms with Gasteiger partial charge in [0, 0.05) is 41.0 Å². The number of nitrogens with zero attached hydrogens (tertiary/aromatic N) is 4. The molecule has 0 saturated carbocycles. The van der Waals surface area contributed by atoms with Crippen molar-refractivity contribution < 1.29 is 22.4 Å². The lowest BCUT2D eigenvalue weighted by molar-refractivity contribution is -0.137. The van der Waals surface area contributed by atoms with Crippen LogP contribution in [0.3, 0.4) is 0 Å². The van der Waals surface area contributed by atoms with E-state index in [0.29, 0.717) is 22.2 Å². The molecule has 38 heavy (non-hydrogen) atoms. The van der Waals surface area contributed by atoms with E-state index in [1.165, 1.54) is 35.4 Å². The molecule has 0 aliphatic heterocycles. The maximum Gasteiger partial charge on any atom is 0.416 e. The number of rotatable bonds is 4. The van der Waals surface area contributed by atoms with Crippen molar-refractivity contribution in [2.24, 2.45) is 0 Å². The Morgan fingerprint density at radius 3 is 2.58 bits per heavy atom. The Hall–Kier alpha value is -4.84. The molecule has 0 unspecified atom stereocenters. The van der Waals surface area contributed by atoms with Gasteiger partial charge >= 0.3 is 6.18 Å². The van der Waals surface area contributed by atoms with Crippen molar-refractivity contribution in [1.82, 2.24) is 19.5 Å². The molecule has 0 bridgehead atoms. The highest BCUT2D eigenvalue weighted by molar-refractivity contribution is 5.98. The van der Waals surface area contributed by atoms with Gasteiger partial charge in [0.05, 0.1) is 28.7 Å². The van der Waals surface area contributed by atoms with Gasteiger partial charge in [0.2, 0.25) is 0 Å². The van der Waals surface area contributed by atoms with Crippen LogP contribution in [0.1, 0.15) is 38.3 Å². The molecule has 0 N–H and O–H groups in total. The summed E-state index contributed by atoms with van der Waals surface area (Å²) in [5, 5.41) is 0.698. The van der Waals surface area contributed by atoms with E-state index in [4.69, 9.17) is 0 Å². The highest BCUT2D eigenvalue weighted by Gasteiger charge is 2.31. The van der Waals surface area contributed by atoms with E-state index in [2.05, 4.69) is 26.8 Å². The maximum absolute atomic E-state index is 14.5. The van der Waals surface area contributed by atoms with Gasteiger partial charge in [-0.15, -0.1) is 0 Å². The van der Waals surface area contributed by atoms with Gasteiger partial charge in [-0.25, -0.2) is 19.3 Å². The second-order valence-electron chi connectivity index (χ2n) is 8.61. The van der Waals surface area contributed by atoms with E-state index in [1.807, 2.05) is 0 Å². The lowest BCUT2D eigenvalue weighted by Gasteiger charge is -2.13.